The van der Waals surface area contributed by atoms with E-state index in [-0.39, 0.29) is 12.2 Å². The van der Waals surface area contributed by atoms with E-state index in [0.29, 0.717) is 39.7 Å². The van der Waals surface area contributed by atoms with Gasteiger partial charge in [0, 0.05) is 45.9 Å². The zero-order chi connectivity index (χ0) is 23.3. The number of aromatic nitrogens is 1. The van der Waals surface area contributed by atoms with Gasteiger partial charge in [-0.25, -0.2) is 4.68 Å². The standard InChI is InChI=1S/C21H19BrCl2N4O4/c1-32-6-2-5-25-20(30)21(31)27-28-17-4-3-13(22)7-12(17)8-18(28)19(29)26-16-10-14(23)9-15(24)11-16/h3-4,7-11H,2,5-6H2,1H3,(H,25,30)(H,26,29)(H,27,31). The minimum atomic E-state index is -0.914. The summed E-state index contributed by atoms with van der Waals surface area (Å²) in [4.78, 5) is 37.6. The first-order valence-electron chi connectivity index (χ1n) is 9.45. The molecule has 0 radical (unpaired) electrons. The molecule has 0 fully saturated rings. The van der Waals surface area contributed by atoms with E-state index in [0.717, 1.165) is 4.47 Å². The summed E-state index contributed by atoms with van der Waals surface area (Å²) in [5.74, 6) is -2.27. The van der Waals surface area contributed by atoms with Gasteiger partial charge >= 0.3 is 11.8 Å². The van der Waals surface area contributed by atoms with Gasteiger partial charge in [0.15, 0.2) is 0 Å². The van der Waals surface area contributed by atoms with Crippen molar-refractivity contribution in [2.45, 2.75) is 6.42 Å². The summed E-state index contributed by atoms with van der Waals surface area (Å²) in [6.07, 6.45) is 0.561. The number of amides is 3. The molecule has 0 aliphatic heterocycles. The molecule has 0 aliphatic rings. The van der Waals surface area contributed by atoms with Crippen molar-refractivity contribution in [1.29, 1.82) is 0 Å². The lowest BCUT2D eigenvalue weighted by molar-refractivity contribution is -0.136. The van der Waals surface area contributed by atoms with Gasteiger partial charge in [0.25, 0.3) is 5.91 Å². The van der Waals surface area contributed by atoms with Crippen LogP contribution < -0.4 is 16.1 Å². The molecule has 3 N–H and O–H groups in total. The number of rotatable bonds is 7. The van der Waals surface area contributed by atoms with E-state index in [4.69, 9.17) is 27.9 Å². The summed E-state index contributed by atoms with van der Waals surface area (Å²) >= 11 is 15.4. The SMILES string of the molecule is COCCCNC(=O)C(=O)Nn1c(C(=O)Nc2cc(Cl)cc(Cl)c2)cc2cc(Br)ccc21. The number of fused-ring (bicyclic) bond motifs is 1. The molecule has 0 saturated carbocycles. The molecule has 0 saturated heterocycles. The van der Waals surface area contributed by atoms with E-state index in [9.17, 15) is 14.4 Å². The summed E-state index contributed by atoms with van der Waals surface area (Å²) in [6, 6.07) is 11.5. The molecule has 168 valence electrons. The van der Waals surface area contributed by atoms with Gasteiger partial charge in [-0.1, -0.05) is 39.1 Å². The van der Waals surface area contributed by atoms with Crippen LogP contribution >= 0.6 is 39.1 Å². The maximum absolute atomic E-state index is 13.0. The monoisotopic (exact) mass is 540 g/mol. The number of ether oxygens (including phenoxy) is 1. The summed E-state index contributed by atoms with van der Waals surface area (Å²) in [7, 11) is 1.55. The Kier molecular flexibility index (Phi) is 8.14. The third-order valence-corrected chi connectivity index (χ3v) is 5.28. The van der Waals surface area contributed by atoms with Crippen LogP contribution in [0.1, 0.15) is 16.9 Å². The maximum Gasteiger partial charge on any atom is 0.328 e. The average Bonchev–Trinajstić information content (AvgIpc) is 3.07. The molecule has 32 heavy (non-hydrogen) atoms. The number of benzene rings is 2. The third kappa shape index (κ3) is 6.01. The van der Waals surface area contributed by atoms with Crippen LogP contribution in [-0.2, 0) is 14.3 Å². The lowest BCUT2D eigenvalue weighted by atomic mass is 10.2. The molecule has 3 aromatic rings. The Morgan fingerprint density at radius 3 is 2.44 bits per heavy atom. The molecule has 11 heteroatoms. The highest BCUT2D eigenvalue weighted by molar-refractivity contribution is 9.10. The summed E-state index contributed by atoms with van der Waals surface area (Å²) in [5, 5.41) is 6.60. The Labute approximate surface area is 202 Å². The van der Waals surface area contributed by atoms with Crippen LogP contribution in [0.5, 0.6) is 0 Å². The maximum atomic E-state index is 13.0. The van der Waals surface area contributed by atoms with Crippen molar-refractivity contribution in [1.82, 2.24) is 9.99 Å². The van der Waals surface area contributed by atoms with E-state index in [2.05, 4.69) is 32.0 Å². The van der Waals surface area contributed by atoms with Gasteiger partial charge in [-0.2, -0.15) is 0 Å². The summed E-state index contributed by atoms with van der Waals surface area (Å²) < 4.78 is 6.97. The fourth-order valence-corrected chi connectivity index (χ4v) is 3.85. The van der Waals surface area contributed by atoms with E-state index >= 15 is 0 Å². The van der Waals surface area contributed by atoms with Crippen molar-refractivity contribution in [3.8, 4) is 0 Å². The van der Waals surface area contributed by atoms with Crippen molar-refractivity contribution in [3.63, 3.8) is 0 Å². The Morgan fingerprint density at radius 1 is 1.03 bits per heavy atom. The molecule has 1 aromatic heterocycles. The van der Waals surface area contributed by atoms with Crippen molar-refractivity contribution in [3.05, 3.63) is 62.7 Å². The molecule has 2 aromatic carbocycles. The van der Waals surface area contributed by atoms with Gasteiger partial charge in [0.05, 0.1) is 5.52 Å². The number of carbonyl (C=O) groups excluding carboxylic acids is 3. The van der Waals surface area contributed by atoms with Crippen LogP contribution in [0.2, 0.25) is 10.0 Å². The number of nitrogens with zero attached hydrogens (tertiary/aromatic N) is 1. The quantitative estimate of drug-likeness (QED) is 0.308. The highest BCUT2D eigenvalue weighted by Gasteiger charge is 2.21. The third-order valence-electron chi connectivity index (χ3n) is 4.35. The smallest absolute Gasteiger partial charge is 0.328 e. The minimum absolute atomic E-state index is 0.106. The first-order valence-corrected chi connectivity index (χ1v) is 11.0. The predicted molar refractivity (Wildman–Crippen MR) is 128 cm³/mol. The van der Waals surface area contributed by atoms with E-state index in [1.54, 1.807) is 49.6 Å². The minimum Gasteiger partial charge on any atom is -0.385 e. The van der Waals surface area contributed by atoms with Crippen LogP contribution in [0.15, 0.2) is 46.9 Å². The number of nitrogens with one attached hydrogen (secondary N) is 3. The molecular weight excluding hydrogens is 523 g/mol. The van der Waals surface area contributed by atoms with Crippen molar-refractivity contribution < 1.29 is 19.1 Å². The predicted octanol–water partition coefficient (Wildman–Crippen LogP) is 4.19. The lowest BCUT2D eigenvalue weighted by Crippen LogP contribution is -2.40. The van der Waals surface area contributed by atoms with Crippen LogP contribution in [-0.4, -0.2) is 42.7 Å². The number of hydrogen-bond acceptors (Lipinski definition) is 4. The van der Waals surface area contributed by atoms with Crippen molar-refractivity contribution in [2.24, 2.45) is 0 Å². The molecule has 0 spiro atoms. The number of halogens is 3. The Hall–Kier alpha value is -2.59. The number of carbonyl (C=O) groups is 3. The van der Waals surface area contributed by atoms with Crippen LogP contribution in [0.3, 0.4) is 0 Å². The van der Waals surface area contributed by atoms with Crippen LogP contribution in [0, 0.1) is 0 Å². The van der Waals surface area contributed by atoms with E-state index < -0.39 is 17.7 Å². The highest BCUT2D eigenvalue weighted by atomic mass is 79.9. The number of hydrogen-bond donors (Lipinski definition) is 3. The molecule has 0 atom stereocenters. The fraction of sp³-hybridized carbons (Fsp3) is 0.190. The van der Waals surface area contributed by atoms with Gasteiger partial charge in [-0.15, -0.1) is 0 Å². The van der Waals surface area contributed by atoms with Crippen LogP contribution in [0.25, 0.3) is 10.9 Å². The Balaban J connectivity index is 1.87. The second kappa shape index (κ2) is 10.8. The second-order valence-corrected chi connectivity index (χ2v) is 8.51. The fourth-order valence-electron chi connectivity index (χ4n) is 2.95. The molecule has 8 nitrogen and oxygen atoms in total. The zero-order valence-electron chi connectivity index (χ0n) is 16.9. The molecule has 3 amide bonds. The first kappa shape index (κ1) is 24.1. The molecule has 1 heterocycles. The van der Waals surface area contributed by atoms with E-state index in [1.165, 1.54) is 4.68 Å². The lowest BCUT2D eigenvalue weighted by Gasteiger charge is -2.13. The van der Waals surface area contributed by atoms with Gasteiger partial charge in [-0.3, -0.25) is 19.8 Å². The number of anilines is 1. The Morgan fingerprint density at radius 2 is 1.75 bits per heavy atom. The molecular formula is C21H19BrCl2N4O4. The zero-order valence-corrected chi connectivity index (χ0v) is 20.0. The molecule has 0 unspecified atom stereocenters. The van der Waals surface area contributed by atoms with E-state index in [1.807, 2.05) is 0 Å². The second-order valence-electron chi connectivity index (χ2n) is 6.72. The Bertz CT molecular complexity index is 1160. The number of methoxy groups -OCH3 is 1. The van der Waals surface area contributed by atoms with Crippen molar-refractivity contribution >= 4 is 73.4 Å². The molecule has 0 aliphatic carbocycles. The highest BCUT2D eigenvalue weighted by Crippen LogP contribution is 2.26. The van der Waals surface area contributed by atoms with Crippen molar-refractivity contribution in [2.75, 3.05) is 31.0 Å². The summed E-state index contributed by atoms with van der Waals surface area (Å²) in [5.41, 5.74) is 3.51. The first-order chi connectivity index (χ1) is 15.3. The van der Waals surface area contributed by atoms with Gasteiger partial charge in [0.2, 0.25) is 0 Å². The van der Waals surface area contributed by atoms with Gasteiger partial charge < -0.3 is 15.4 Å². The molecule has 3 rings (SSSR count). The van der Waals surface area contributed by atoms with Crippen LogP contribution in [0.4, 0.5) is 5.69 Å². The van der Waals surface area contributed by atoms with Gasteiger partial charge in [-0.05, 0) is 48.9 Å². The van der Waals surface area contributed by atoms with Gasteiger partial charge in [0.1, 0.15) is 5.69 Å². The topological polar surface area (TPSA) is 101 Å². The normalized spacial score (nSPS) is 10.8. The average molecular weight is 542 g/mol. The molecule has 0 bridgehead atoms. The summed E-state index contributed by atoms with van der Waals surface area (Å²) in [6.45, 7) is 0.735. The largest absolute Gasteiger partial charge is 0.385 e.